The standard InChI is InChI=1S/C24H21BrF3N5O/c25-16-3-4-18(21-29-8-1-9-30-21)19(10-16)22(34)33-14-23(6-7-23)11-17(33)13-32-20-5-2-15(12-31-20)24(26,27)28/h1-5,8-10,12,17H,6-7,11,13-14H2,(H,31,32)/t17-/m0/s1. The summed E-state index contributed by atoms with van der Waals surface area (Å²) in [4.78, 5) is 28.2. The lowest BCUT2D eigenvalue weighted by Crippen LogP contribution is -2.40. The number of hydrogen-bond donors (Lipinski definition) is 1. The summed E-state index contributed by atoms with van der Waals surface area (Å²) < 4.78 is 39.2. The number of nitrogens with zero attached hydrogens (tertiary/aromatic N) is 4. The van der Waals surface area contributed by atoms with E-state index in [9.17, 15) is 18.0 Å². The number of nitrogens with one attached hydrogen (secondary N) is 1. The third kappa shape index (κ3) is 4.64. The minimum atomic E-state index is -4.43. The van der Waals surface area contributed by atoms with Gasteiger partial charge in [0.05, 0.1) is 11.1 Å². The summed E-state index contributed by atoms with van der Waals surface area (Å²) in [6.07, 6.45) is 2.64. The maximum absolute atomic E-state index is 13.8. The molecule has 2 fully saturated rings. The van der Waals surface area contributed by atoms with Crippen LogP contribution in [-0.2, 0) is 6.18 Å². The molecule has 34 heavy (non-hydrogen) atoms. The molecule has 3 aromatic rings. The molecule has 0 radical (unpaired) electrons. The maximum atomic E-state index is 13.8. The van der Waals surface area contributed by atoms with Gasteiger partial charge in [0, 0.05) is 47.8 Å². The quantitative estimate of drug-likeness (QED) is 0.475. The predicted octanol–water partition coefficient (Wildman–Crippen LogP) is 5.43. The molecule has 0 bridgehead atoms. The number of alkyl halides is 3. The summed E-state index contributed by atoms with van der Waals surface area (Å²) in [5, 5.41) is 3.12. The second-order valence-electron chi connectivity index (χ2n) is 8.86. The lowest BCUT2D eigenvalue weighted by atomic mass is 10.0. The Bertz CT molecular complexity index is 1200. The number of likely N-dealkylation sites (tertiary alicyclic amines) is 1. The van der Waals surface area contributed by atoms with Gasteiger partial charge >= 0.3 is 6.18 Å². The van der Waals surface area contributed by atoms with Crippen molar-refractivity contribution in [3.05, 3.63) is 70.6 Å². The Morgan fingerprint density at radius 2 is 1.91 bits per heavy atom. The SMILES string of the molecule is O=C(c1cc(Br)ccc1-c1ncccn1)N1CC2(CC2)C[C@H]1CNc1ccc(C(F)(F)F)cn1. The molecule has 1 saturated carbocycles. The van der Waals surface area contributed by atoms with Crippen LogP contribution >= 0.6 is 15.9 Å². The molecule has 3 heterocycles. The largest absolute Gasteiger partial charge is 0.417 e. The summed E-state index contributed by atoms with van der Waals surface area (Å²) >= 11 is 3.46. The summed E-state index contributed by atoms with van der Waals surface area (Å²) in [7, 11) is 0. The molecule has 1 aliphatic carbocycles. The van der Waals surface area contributed by atoms with E-state index in [0.29, 0.717) is 35.9 Å². The van der Waals surface area contributed by atoms with Crippen molar-refractivity contribution < 1.29 is 18.0 Å². The summed E-state index contributed by atoms with van der Waals surface area (Å²) in [5.41, 5.74) is 0.501. The molecule has 1 atom stereocenters. The minimum absolute atomic E-state index is 0.109. The van der Waals surface area contributed by atoms with Gasteiger partial charge in [-0.25, -0.2) is 15.0 Å². The summed E-state index contributed by atoms with van der Waals surface area (Å²) in [6, 6.07) is 9.40. The van der Waals surface area contributed by atoms with Crippen LogP contribution in [0.4, 0.5) is 19.0 Å². The zero-order valence-corrected chi connectivity index (χ0v) is 19.6. The Balaban J connectivity index is 1.37. The van der Waals surface area contributed by atoms with Crippen LogP contribution in [0.2, 0.25) is 0 Å². The fourth-order valence-electron chi connectivity index (χ4n) is 4.49. The smallest absolute Gasteiger partial charge is 0.368 e. The number of pyridine rings is 1. The van der Waals surface area contributed by atoms with Crippen LogP contribution in [0.5, 0.6) is 0 Å². The van der Waals surface area contributed by atoms with Crippen molar-refractivity contribution in [2.45, 2.75) is 31.5 Å². The molecule has 2 aliphatic rings. The lowest BCUT2D eigenvalue weighted by Gasteiger charge is -2.26. The molecule has 1 aliphatic heterocycles. The van der Waals surface area contributed by atoms with Gasteiger partial charge in [-0.15, -0.1) is 0 Å². The molecule has 1 N–H and O–H groups in total. The van der Waals surface area contributed by atoms with Crippen LogP contribution in [0.15, 0.2) is 59.5 Å². The fourth-order valence-corrected chi connectivity index (χ4v) is 4.85. The molecule has 6 nitrogen and oxygen atoms in total. The second kappa shape index (κ2) is 8.65. The Kier molecular flexibility index (Phi) is 5.79. The van der Waals surface area contributed by atoms with Crippen LogP contribution < -0.4 is 5.32 Å². The predicted molar refractivity (Wildman–Crippen MR) is 124 cm³/mol. The molecule has 1 amide bonds. The topological polar surface area (TPSA) is 71.0 Å². The van der Waals surface area contributed by atoms with Gasteiger partial charge < -0.3 is 10.2 Å². The number of carbonyl (C=O) groups is 1. The summed E-state index contributed by atoms with van der Waals surface area (Å²) in [5.74, 6) is 0.708. The average Bonchev–Trinajstić information content (AvgIpc) is 3.48. The number of hydrogen-bond acceptors (Lipinski definition) is 5. The highest BCUT2D eigenvalue weighted by Crippen LogP contribution is 2.55. The van der Waals surface area contributed by atoms with Gasteiger partial charge in [0.25, 0.3) is 5.91 Å². The Hall–Kier alpha value is -3.01. The van der Waals surface area contributed by atoms with Crippen molar-refractivity contribution >= 4 is 27.7 Å². The molecule has 2 aromatic heterocycles. The number of carbonyl (C=O) groups excluding carboxylic acids is 1. The Morgan fingerprint density at radius 1 is 1.15 bits per heavy atom. The van der Waals surface area contributed by atoms with Crippen molar-refractivity contribution in [3.8, 4) is 11.4 Å². The molecule has 1 saturated heterocycles. The third-order valence-electron chi connectivity index (χ3n) is 6.46. The van der Waals surface area contributed by atoms with Gasteiger partial charge in [-0.2, -0.15) is 13.2 Å². The van der Waals surface area contributed by atoms with Gasteiger partial charge in [-0.3, -0.25) is 4.79 Å². The first kappa shape index (κ1) is 22.8. The maximum Gasteiger partial charge on any atom is 0.417 e. The molecular weight excluding hydrogens is 511 g/mol. The lowest BCUT2D eigenvalue weighted by molar-refractivity contribution is -0.137. The third-order valence-corrected chi connectivity index (χ3v) is 6.95. The van der Waals surface area contributed by atoms with Crippen molar-refractivity contribution in [2.75, 3.05) is 18.4 Å². The average molecular weight is 532 g/mol. The van der Waals surface area contributed by atoms with Crippen molar-refractivity contribution in [1.29, 1.82) is 0 Å². The fraction of sp³-hybridized carbons (Fsp3) is 0.333. The van der Waals surface area contributed by atoms with E-state index in [1.807, 2.05) is 17.0 Å². The Labute approximate surface area is 202 Å². The Morgan fingerprint density at radius 3 is 2.56 bits per heavy atom. The normalized spacial score (nSPS) is 18.8. The number of anilines is 1. The van der Waals surface area contributed by atoms with E-state index in [1.165, 1.54) is 6.07 Å². The van der Waals surface area contributed by atoms with Crippen LogP contribution in [0.25, 0.3) is 11.4 Å². The molecule has 5 rings (SSSR count). The van der Waals surface area contributed by atoms with Crippen LogP contribution in [0.3, 0.4) is 0 Å². The van der Waals surface area contributed by atoms with E-state index in [-0.39, 0.29) is 17.4 Å². The van der Waals surface area contributed by atoms with Crippen molar-refractivity contribution in [2.24, 2.45) is 5.41 Å². The highest BCUT2D eigenvalue weighted by Gasteiger charge is 2.53. The van der Waals surface area contributed by atoms with Crippen molar-refractivity contribution in [1.82, 2.24) is 19.9 Å². The number of amides is 1. The minimum Gasteiger partial charge on any atom is -0.368 e. The van der Waals surface area contributed by atoms with Crippen LogP contribution in [-0.4, -0.2) is 44.9 Å². The highest BCUT2D eigenvalue weighted by molar-refractivity contribution is 9.10. The zero-order chi connectivity index (χ0) is 23.9. The molecule has 0 unspecified atom stereocenters. The number of rotatable bonds is 5. The summed E-state index contributed by atoms with van der Waals surface area (Å²) in [6.45, 7) is 1.05. The van der Waals surface area contributed by atoms with E-state index in [4.69, 9.17) is 0 Å². The number of benzene rings is 1. The van der Waals surface area contributed by atoms with E-state index in [1.54, 1.807) is 24.5 Å². The van der Waals surface area contributed by atoms with Crippen LogP contribution in [0, 0.1) is 5.41 Å². The molecule has 1 spiro atoms. The second-order valence-corrected chi connectivity index (χ2v) is 9.78. The van der Waals surface area contributed by atoms with Gasteiger partial charge in [0.15, 0.2) is 5.82 Å². The molecule has 1 aromatic carbocycles. The molecular formula is C24H21BrF3N5O. The van der Waals surface area contributed by atoms with Gasteiger partial charge in [-0.05, 0) is 61.1 Å². The van der Waals surface area contributed by atoms with Crippen LogP contribution in [0.1, 0.15) is 35.2 Å². The first-order valence-electron chi connectivity index (χ1n) is 10.9. The van der Waals surface area contributed by atoms with E-state index < -0.39 is 11.7 Å². The van der Waals surface area contributed by atoms with E-state index in [0.717, 1.165) is 36.0 Å². The van der Waals surface area contributed by atoms with E-state index >= 15 is 0 Å². The first-order chi connectivity index (χ1) is 16.2. The van der Waals surface area contributed by atoms with Gasteiger partial charge in [0.2, 0.25) is 0 Å². The highest BCUT2D eigenvalue weighted by atomic mass is 79.9. The van der Waals surface area contributed by atoms with Gasteiger partial charge in [0.1, 0.15) is 5.82 Å². The molecule has 10 heteroatoms. The van der Waals surface area contributed by atoms with E-state index in [2.05, 4.69) is 36.2 Å². The number of aromatic nitrogens is 3. The zero-order valence-electron chi connectivity index (χ0n) is 18.0. The monoisotopic (exact) mass is 531 g/mol. The first-order valence-corrected chi connectivity index (χ1v) is 11.7. The van der Waals surface area contributed by atoms with Gasteiger partial charge in [-0.1, -0.05) is 15.9 Å². The number of halogens is 4. The van der Waals surface area contributed by atoms with Crippen molar-refractivity contribution in [3.63, 3.8) is 0 Å². The molecule has 176 valence electrons.